The average Bonchev–Trinajstić information content (AvgIpc) is 2.55. The van der Waals surface area contributed by atoms with Crippen molar-refractivity contribution in [1.29, 1.82) is 0 Å². The Bertz CT molecular complexity index is 682. The molecule has 0 atom stereocenters. The van der Waals surface area contributed by atoms with Gasteiger partial charge in [0, 0.05) is 24.8 Å². The first kappa shape index (κ1) is 13.8. The molecule has 3 nitrogen and oxygen atoms in total. The average molecular weight is 299 g/mol. The first-order valence-corrected chi connectivity index (χ1v) is 7.27. The fourth-order valence-corrected chi connectivity index (χ4v) is 2.66. The first-order chi connectivity index (χ1) is 10.2. The molecule has 0 N–H and O–H groups in total. The van der Waals surface area contributed by atoms with Gasteiger partial charge in [-0.25, -0.2) is 4.98 Å². The van der Waals surface area contributed by atoms with E-state index in [9.17, 15) is 4.79 Å². The molecule has 1 aromatic heterocycles. The number of benzene rings is 1. The van der Waals surface area contributed by atoms with Crippen molar-refractivity contribution in [1.82, 2.24) is 9.88 Å². The summed E-state index contributed by atoms with van der Waals surface area (Å²) in [5.41, 5.74) is 3.12. The third-order valence-corrected chi connectivity index (χ3v) is 3.82. The van der Waals surface area contributed by atoms with Crippen molar-refractivity contribution in [3.8, 4) is 0 Å². The van der Waals surface area contributed by atoms with Crippen LogP contribution in [0.15, 0.2) is 54.7 Å². The predicted octanol–water partition coefficient (Wildman–Crippen LogP) is 3.66. The third-order valence-electron chi connectivity index (χ3n) is 3.61. The molecular weight excluding hydrogens is 284 g/mol. The van der Waals surface area contributed by atoms with E-state index in [-0.39, 0.29) is 5.91 Å². The van der Waals surface area contributed by atoms with Gasteiger partial charge >= 0.3 is 0 Å². The highest BCUT2D eigenvalue weighted by Gasteiger charge is 2.19. The monoisotopic (exact) mass is 298 g/mol. The van der Waals surface area contributed by atoms with Gasteiger partial charge in [-0.2, -0.15) is 0 Å². The molecule has 2 aromatic rings. The second kappa shape index (κ2) is 6.10. The highest BCUT2D eigenvalue weighted by atomic mass is 35.5. The van der Waals surface area contributed by atoms with Crippen LogP contribution in [0.2, 0.25) is 5.15 Å². The van der Waals surface area contributed by atoms with E-state index in [1.54, 1.807) is 18.3 Å². The van der Waals surface area contributed by atoms with Crippen molar-refractivity contribution in [2.45, 2.75) is 6.42 Å². The number of aromatic nitrogens is 1. The van der Waals surface area contributed by atoms with Gasteiger partial charge in [-0.05, 0) is 29.7 Å². The fourth-order valence-electron chi connectivity index (χ4n) is 2.49. The van der Waals surface area contributed by atoms with Gasteiger partial charge in [0.2, 0.25) is 0 Å². The number of rotatable bonds is 2. The molecule has 106 valence electrons. The normalized spacial score (nSPS) is 14.7. The van der Waals surface area contributed by atoms with Crippen LogP contribution in [0.25, 0.3) is 5.57 Å². The largest absolute Gasteiger partial charge is 0.335 e. The van der Waals surface area contributed by atoms with E-state index in [4.69, 9.17) is 11.6 Å². The van der Waals surface area contributed by atoms with Crippen LogP contribution in [0.4, 0.5) is 0 Å². The van der Waals surface area contributed by atoms with E-state index in [0.717, 1.165) is 13.0 Å². The first-order valence-electron chi connectivity index (χ1n) is 6.89. The molecule has 1 aromatic carbocycles. The Morgan fingerprint density at radius 1 is 1.19 bits per heavy atom. The molecule has 0 aliphatic carbocycles. The van der Waals surface area contributed by atoms with Crippen LogP contribution in [-0.4, -0.2) is 28.9 Å². The number of pyridine rings is 1. The minimum absolute atomic E-state index is 0.00246. The van der Waals surface area contributed by atoms with E-state index in [1.165, 1.54) is 11.1 Å². The zero-order valence-corrected chi connectivity index (χ0v) is 12.3. The molecule has 0 fully saturated rings. The van der Waals surface area contributed by atoms with Crippen molar-refractivity contribution >= 4 is 23.1 Å². The van der Waals surface area contributed by atoms with Crippen molar-refractivity contribution in [3.63, 3.8) is 0 Å². The lowest BCUT2D eigenvalue weighted by molar-refractivity contribution is 0.0773. The lowest BCUT2D eigenvalue weighted by Crippen LogP contribution is -2.34. The molecule has 0 bridgehead atoms. The Balaban J connectivity index is 1.73. The van der Waals surface area contributed by atoms with E-state index >= 15 is 0 Å². The molecule has 4 heteroatoms. The van der Waals surface area contributed by atoms with Gasteiger partial charge in [0.15, 0.2) is 0 Å². The minimum atomic E-state index is 0.00246. The van der Waals surface area contributed by atoms with Crippen LogP contribution in [0.1, 0.15) is 22.3 Å². The lowest BCUT2D eigenvalue weighted by Gasteiger charge is -2.26. The zero-order valence-electron chi connectivity index (χ0n) is 11.5. The summed E-state index contributed by atoms with van der Waals surface area (Å²) in [7, 11) is 0. The molecule has 0 saturated heterocycles. The third kappa shape index (κ3) is 3.14. The maximum atomic E-state index is 12.4. The lowest BCUT2D eigenvalue weighted by atomic mass is 9.99. The van der Waals surface area contributed by atoms with Crippen molar-refractivity contribution < 1.29 is 4.79 Å². The molecule has 0 spiro atoms. The van der Waals surface area contributed by atoms with Gasteiger partial charge in [-0.3, -0.25) is 4.79 Å². The zero-order chi connectivity index (χ0) is 14.7. The van der Waals surface area contributed by atoms with Gasteiger partial charge in [0.1, 0.15) is 5.15 Å². The Labute approximate surface area is 128 Å². The molecular formula is C17H15ClN2O. The van der Waals surface area contributed by atoms with Crippen LogP contribution < -0.4 is 0 Å². The van der Waals surface area contributed by atoms with E-state index in [2.05, 4.69) is 23.2 Å². The van der Waals surface area contributed by atoms with Gasteiger partial charge in [0.05, 0.1) is 0 Å². The smallest absolute Gasteiger partial charge is 0.254 e. The molecule has 3 rings (SSSR count). The van der Waals surface area contributed by atoms with Crippen molar-refractivity contribution in [2.75, 3.05) is 13.1 Å². The fraction of sp³-hybridized carbons (Fsp3) is 0.176. The van der Waals surface area contributed by atoms with E-state index in [0.29, 0.717) is 17.3 Å². The molecule has 1 amide bonds. The number of carbonyl (C=O) groups excluding carboxylic acids is 1. The minimum Gasteiger partial charge on any atom is -0.335 e. The summed E-state index contributed by atoms with van der Waals surface area (Å²) in [6.45, 7) is 1.35. The van der Waals surface area contributed by atoms with Gasteiger partial charge < -0.3 is 4.90 Å². The number of hydrogen-bond donors (Lipinski definition) is 0. The van der Waals surface area contributed by atoms with Gasteiger partial charge in [0.25, 0.3) is 5.91 Å². The van der Waals surface area contributed by atoms with Crippen LogP contribution in [0.5, 0.6) is 0 Å². The van der Waals surface area contributed by atoms with E-state index < -0.39 is 0 Å². The predicted molar refractivity (Wildman–Crippen MR) is 84.2 cm³/mol. The molecule has 0 unspecified atom stereocenters. The Hall–Kier alpha value is -2.13. The second-order valence-corrected chi connectivity index (χ2v) is 5.35. The van der Waals surface area contributed by atoms with Crippen molar-refractivity contribution in [3.05, 3.63) is 71.0 Å². The number of hydrogen-bond acceptors (Lipinski definition) is 2. The Morgan fingerprint density at radius 2 is 2.00 bits per heavy atom. The van der Waals surface area contributed by atoms with Crippen LogP contribution >= 0.6 is 11.6 Å². The summed E-state index contributed by atoms with van der Waals surface area (Å²) < 4.78 is 0. The number of halogens is 1. The van der Waals surface area contributed by atoms with E-state index in [1.807, 2.05) is 23.1 Å². The Kier molecular flexibility index (Phi) is 4.02. The van der Waals surface area contributed by atoms with Crippen LogP contribution in [0.3, 0.4) is 0 Å². The number of carbonyl (C=O) groups is 1. The summed E-state index contributed by atoms with van der Waals surface area (Å²) in [6, 6.07) is 13.6. The summed E-state index contributed by atoms with van der Waals surface area (Å²) in [5, 5.41) is 0.346. The van der Waals surface area contributed by atoms with Gasteiger partial charge in [-0.1, -0.05) is 48.0 Å². The van der Waals surface area contributed by atoms with Crippen LogP contribution in [0, 0.1) is 0 Å². The standard InChI is InChI=1S/C17H15ClN2O/c18-16-12-15(6-9-19-16)17(21)20-10-7-14(8-11-20)13-4-2-1-3-5-13/h1-7,9,12H,8,10-11H2. The molecule has 0 saturated carbocycles. The Morgan fingerprint density at radius 3 is 2.67 bits per heavy atom. The molecule has 1 aliphatic heterocycles. The number of nitrogens with zero attached hydrogens (tertiary/aromatic N) is 2. The molecule has 1 aliphatic rings. The maximum Gasteiger partial charge on any atom is 0.254 e. The van der Waals surface area contributed by atoms with Crippen molar-refractivity contribution in [2.24, 2.45) is 0 Å². The summed E-state index contributed by atoms with van der Waals surface area (Å²) >= 11 is 5.84. The number of amides is 1. The van der Waals surface area contributed by atoms with Crippen LogP contribution in [-0.2, 0) is 0 Å². The summed E-state index contributed by atoms with van der Waals surface area (Å²) in [4.78, 5) is 18.1. The highest BCUT2D eigenvalue weighted by Crippen LogP contribution is 2.23. The SMILES string of the molecule is O=C(c1ccnc(Cl)c1)N1CC=C(c2ccccc2)CC1. The maximum absolute atomic E-state index is 12.4. The highest BCUT2D eigenvalue weighted by molar-refractivity contribution is 6.29. The molecule has 2 heterocycles. The second-order valence-electron chi connectivity index (χ2n) is 4.96. The summed E-state index contributed by atoms with van der Waals surface area (Å²) in [6.07, 6.45) is 4.55. The molecule has 0 radical (unpaired) electrons. The topological polar surface area (TPSA) is 33.2 Å². The van der Waals surface area contributed by atoms with Gasteiger partial charge in [-0.15, -0.1) is 0 Å². The summed E-state index contributed by atoms with van der Waals surface area (Å²) in [5.74, 6) is 0.00246. The molecule has 21 heavy (non-hydrogen) atoms. The quantitative estimate of drug-likeness (QED) is 0.793.